The van der Waals surface area contributed by atoms with Gasteiger partial charge in [-0.2, -0.15) is 11.8 Å². The summed E-state index contributed by atoms with van der Waals surface area (Å²) >= 11 is 6.60. The van der Waals surface area contributed by atoms with Gasteiger partial charge in [0.2, 0.25) is 0 Å². The van der Waals surface area contributed by atoms with Gasteiger partial charge < -0.3 is 5.73 Å². The predicted octanol–water partition coefficient (Wildman–Crippen LogP) is 1.80. The first-order valence-corrected chi connectivity index (χ1v) is 4.48. The Labute approximate surface area is 66.4 Å². The standard InChI is InChI=1S/C6H13NS2/c1-5(2)9-4-3-6(7)8/h5H,3-4H2,1-2H3,(H2,7,8). The van der Waals surface area contributed by atoms with Gasteiger partial charge >= 0.3 is 0 Å². The van der Waals surface area contributed by atoms with Crippen LogP contribution in [0.5, 0.6) is 0 Å². The lowest BCUT2D eigenvalue weighted by molar-refractivity contribution is 1.10. The molecule has 0 aromatic rings. The summed E-state index contributed by atoms with van der Waals surface area (Å²) in [6, 6.07) is 0. The van der Waals surface area contributed by atoms with Crippen molar-refractivity contribution in [2.45, 2.75) is 25.5 Å². The Balaban J connectivity index is 3.01. The van der Waals surface area contributed by atoms with Gasteiger partial charge in [-0.3, -0.25) is 0 Å². The highest BCUT2D eigenvalue weighted by Gasteiger charge is 1.93. The third-order valence-corrected chi connectivity index (χ3v) is 2.11. The van der Waals surface area contributed by atoms with E-state index in [9.17, 15) is 0 Å². The first-order chi connectivity index (χ1) is 4.13. The number of thiocarbonyl (C=S) groups is 1. The van der Waals surface area contributed by atoms with Crippen molar-refractivity contribution < 1.29 is 0 Å². The minimum atomic E-state index is 0.628. The van der Waals surface area contributed by atoms with Crippen LogP contribution in [-0.4, -0.2) is 16.0 Å². The first-order valence-electron chi connectivity index (χ1n) is 3.03. The average Bonchev–Trinajstić information content (AvgIpc) is 1.63. The van der Waals surface area contributed by atoms with Crippen molar-refractivity contribution in [3.63, 3.8) is 0 Å². The Kier molecular flexibility index (Phi) is 5.19. The second-order valence-corrected chi connectivity index (χ2v) is 4.34. The summed E-state index contributed by atoms with van der Waals surface area (Å²) in [6.07, 6.45) is 0.873. The molecule has 0 bridgehead atoms. The molecule has 0 fully saturated rings. The number of rotatable bonds is 4. The monoisotopic (exact) mass is 163 g/mol. The summed E-state index contributed by atoms with van der Waals surface area (Å²) in [5.74, 6) is 1.06. The third kappa shape index (κ3) is 8.24. The van der Waals surface area contributed by atoms with E-state index >= 15 is 0 Å². The van der Waals surface area contributed by atoms with Gasteiger partial charge in [0.25, 0.3) is 0 Å². The molecule has 0 amide bonds. The highest BCUT2D eigenvalue weighted by molar-refractivity contribution is 7.99. The zero-order valence-electron chi connectivity index (χ0n) is 5.89. The fourth-order valence-electron chi connectivity index (χ4n) is 0.395. The zero-order chi connectivity index (χ0) is 7.28. The van der Waals surface area contributed by atoms with Gasteiger partial charge in [-0.05, 0) is 11.0 Å². The molecular weight excluding hydrogens is 150 g/mol. The Morgan fingerprint density at radius 3 is 2.56 bits per heavy atom. The summed E-state index contributed by atoms with van der Waals surface area (Å²) in [6.45, 7) is 4.34. The minimum absolute atomic E-state index is 0.628. The number of nitrogens with two attached hydrogens (primary N) is 1. The van der Waals surface area contributed by atoms with E-state index in [1.807, 2.05) is 11.8 Å². The maximum absolute atomic E-state index is 5.30. The molecule has 9 heavy (non-hydrogen) atoms. The Bertz CT molecular complexity index is 91.1. The molecule has 0 aliphatic heterocycles. The summed E-state index contributed by atoms with van der Waals surface area (Å²) in [5, 5.41) is 0.694. The van der Waals surface area contributed by atoms with Crippen LogP contribution in [0.4, 0.5) is 0 Å². The van der Waals surface area contributed by atoms with Crippen LogP contribution in [0.1, 0.15) is 20.3 Å². The Morgan fingerprint density at radius 1 is 1.67 bits per heavy atom. The molecule has 3 heteroatoms. The maximum Gasteiger partial charge on any atom is 0.0735 e. The quantitative estimate of drug-likeness (QED) is 0.640. The van der Waals surface area contributed by atoms with Crippen molar-refractivity contribution in [3.05, 3.63) is 0 Å². The molecule has 0 saturated carbocycles. The van der Waals surface area contributed by atoms with Gasteiger partial charge in [0.15, 0.2) is 0 Å². The van der Waals surface area contributed by atoms with E-state index in [1.165, 1.54) is 0 Å². The Morgan fingerprint density at radius 2 is 2.22 bits per heavy atom. The number of hydrogen-bond acceptors (Lipinski definition) is 2. The van der Waals surface area contributed by atoms with E-state index in [1.54, 1.807) is 0 Å². The van der Waals surface area contributed by atoms with Crippen LogP contribution >= 0.6 is 24.0 Å². The van der Waals surface area contributed by atoms with Gasteiger partial charge in [-0.25, -0.2) is 0 Å². The van der Waals surface area contributed by atoms with Gasteiger partial charge in [0.05, 0.1) is 4.99 Å². The van der Waals surface area contributed by atoms with E-state index in [0.29, 0.717) is 10.2 Å². The molecule has 0 aromatic heterocycles. The molecular formula is C6H13NS2. The minimum Gasteiger partial charge on any atom is -0.393 e. The fraction of sp³-hybridized carbons (Fsp3) is 0.833. The highest BCUT2D eigenvalue weighted by atomic mass is 32.2. The van der Waals surface area contributed by atoms with E-state index < -0.39 is 0 Å². The van der Waals surface area contributed by atoms with Crippen molar-refractivity contribution >= 4 is 29.0 Å². The van der Waals surface area contributed by atoms with Crippen LogP contribution in [0.15, 0.2) is 0 Å². The van der Waals surface area contributed by atoms with Crippen molar-refractivity contribution in [1.82, 2.24) is 0 Å². The van der Waals surface area contributed by atoms with Crippen LogP contribution in [0.2, 0.25) is 0 Å². The van der Waals surface area contributed by atoms with E-state index in [2.05, 4.69) is 13.8 Å². The van der Waals surface area contributed by atoms with Gasteiger partial charge in [0.1, 0.15) is 0 Å². The van der Waals surface area contributed by atoms with Gasteiger partial charge in [-0.1, -0.05) is 26.1 Å². The fourth-order valence-corrected chi connectivity index (χ4v) is 1.44. The van der Waals surface area contributed by atoms with Crippen LogP contribution in [0.3, 0.4) is 0 Å². The predicted molar refractivity (Wildman–Crippen MR) is 49.0 cm³/mol. The van der Waals surface area contributed by atoms with E-state index in [4.69, 9.17) is 18.0 Å². The lowest BCUT2D eigenvalue weighted by atomic mass is 10.5. The molecule has 54 valence electrons. The largest absolute Gasteiger partial charge is 0.393 e. The smallest absolute Gasteiger partial charge is 0.0735 e. The number of thioether (sulfide) groups is 1. The molecule has 0 aromatic carbocycles. The number of hydrogen-bond donors (Lipinski definition) is 1. The summed E-state index contributed by atoms with van der Waals surface area (Å²) in [7, 11) is 0. The highest BCUT2D eigenvalue weighted by Crippen LogP contribution is 2.09. The molecule has 0 heterocycles. The molecule has 0 aliphatic rings. The SMILES string of the molecule is CC(C)SCCC(N)=S. The molecule has 0 spiro atoms. The maximum atomic E-state index is 5.30. The lowest BCUT2D eigenvalue weighted by Gasteiger charge is -2.01. The van der Waals surface area contributed by atoms with Crippen LogP contribution in [0, 0.1) is 0 Å². The molecule has 2 N–H and O–H groups in total. The van der Waals surface area contributed by atoms with Crippen LogP contribution < -0.4 is 5.73 Å². The van der Waals surface area contributed by atoms with Crippen LogP contribution in [0.25, 0.3) is 0 Å². The average molecular weight is 163 g/mol. The second kappa shape index (κ2) is 5.06. The molecule has 1 nitrogen and oxygen atoms in total. The normalized spacial score (nSPS) is 10.1. The Hall–Kier alpha value is 0.240. The molecule has 0 atom stereocenters. The van der Waals surface area contributed by atoms with Gasteiger partial charge in [-0.15, -0.1) is 0 Å². The van der Waals surface area contributed by atoms with Crippen molar-refractivity contribution in [2.24, 2.45) is 5.73 Å². The lowest BCUT2D eigenvalue weighted by Crippen LogP contribution is -2.08. The zero-order valence-corrected chi connectivity index (χ0v) is 7.52. The first kappa shape index (κ1) is 9.24. The second-order valence-electron chi connectivity index (χ2n) is 2.14. The van der Waals surface area contributed by atoms with E-state index in [0.717, 1.165) is 12.2 Å². The van der Waals surface area contributed by atoms with Crippen molar-refractivity contribution in [3.8, 4) is 0 Å². The van der Waals surface area contributed by atoms with E-state index in [-0.39, 0.29) is 0 Å². The third-order valence-electron chi connectivity index (χ3n) is 0.800. The topological polar surface area (TPSA) is 26.0 Å². The van der Waals surface area contributed by atoms with Crippen LogP contribution in [-0.2, 0) is 0 Å². The molecule has 0 aliphatic carbocycles. The molecule has 0 radical (unpaired) electrons. The van der Waals surface area contributed by atoms with Crippen molar-refractivity contribution in [2.75, 3.05) is 5.75 Å². The van der Waals surface area contributed by atoms with Gasteiger partial charge in [0, 0.05) is 6.42 Å². The molecule has 0 rings (SSSR count). The summed E-state index contributed by atoms with van der Waals surface area (Å²) in [5.41, 5.74) is 5.30. The van der Waals surface area contributed by atoms with Crippen molar-refractivity contribution in [1.29, 1.82) is 0 Å². The summed E-state index contributed by atoms with van der Waals surface area (Å²) in [4.78, 5) is 0.628. The molecule has 0 unspecified atom stereocenters. The molecule has 0 saturated heterocycles. The summed E-state index contributed by atoms with van der Waals surface area (Å²) < 4.78 is 0.